The zero-order valence-corrected chi connectivity index (χ0v) is 14.5. The summed E-state index contributed by atoms with van der Waals surface area (Å²) < 4.78 is 28.7. The molecule has 1 amide bonds. The SMILES string of the molecule is Cc1cc(-c2cnc3ccn(CC(=O)N4CC[C@@H](F)C4)c3c2)ccc1F. The van der Waals surface area contributed by atoms with Crippen molar-refractivity contribution < 1.29 is 13.6 Å². The number of hydrogen-bond acceptors (Lipinski definition) is 2. The smallest absolute Gasteiger partial charge is 0.242 e. The lowest BCUT2D eigenvalue weighted by molar-refractivity contribution is -0.130. The van der Waals surface area contributed by atoms with Gasteiger partial charge in [-0.2, -0.15) is 0 Å². The molecule has 0 bridgehead atoms. The minimum atomic E-state index is -0.921. The molecule has 4 rings (SSSR count). The normalized spacial score (nSPS) is 17.2. The lowest BCUT2D eigenvalue weighted by atomic mass is 10.0. The van der Waals surface area contributed by atoms with Crippen LogP contribution in [0.4, 0.5) is 8.78 Å². The quantitative estimate of drug-likeness (QED) is 0.718. The summed E-state index contributed by atoms with van der Waals surface area (Å²) in [5.41, 5.74) is 3.91. The van der Waals surface area contributed by atoms with E-state index >= 15 is 0 Å². The number of amides is 1. The summed E-state index contributed by atoms with van der Waals surface area (Å²) in [5.74, 6) is -0.334. The Balaban J connectivity index is 1.64. The van der Waals surface area contributed by atoms with Crippen molar-refractivity contribution in [3.05, 3.63) is 54.1 Å². The van der Waals surface area contributed by atoms with Crippen LogP contribution >= 0.6 is 0 Å². The van der Waals surface area contributed by atoms with Crippen LogP contribution in [0.15, 0.2) is 42.7 Å². The maximum Gasteiger partial charge on any atom is 0.242 e. The Bertz CT molecular complexity index is 982. The van der Waals surface area contributed by atoms with Crippen LogP contribution in [0, 0.1) is 12.7 Å². The highest BCUT2D eigenvalue weighted by Gasteiger charge is 2.26. The van der Waals surface area contributed by atoms with Crippen LogP contribution in [0.3, 0.4) is 0 Å². The summed E-state index contributed by atoms with van der Waals surface area (Å²) in [6, 6.07) is 8.74. The first-order valence-corrected chi connectivity index (χ1v) is 8.64. The minimum absolute atomic E-state index is 0.0920. The van der Waals surface area contributed by atoms with Gasteiger partial charge in [0.05, 0.1) is 17.6 Å². The molecule has 134 valence electrons. The van der Waals surface area contributed by atoms with Crippen molar-refractivity contribution in [2.75, 3.05) is 13.1 Å². The number of aromatic nitrogens is 2. The van der Waals surface area contributed by atoms with Gasteiger partial charge in [-0.25, -0.2) is 8.78 Å². The molecule has 0 saturated carbocycles. The average molecular weight is 355 g/mol. The predicted molar refractivity (Wildman–Crippen MR) is 96.0 cm³/mol. The largest absolute Gasteiger partial charge is 0.338 e. The summed E-state index contributed by atoms with van der Waals surface area (Å²) in [4.78, 5) is 18.4. The summed E-state index contributed by atoms with van der Waals surface area (Å²) in [7, 11) is 0. The van der Waals surface area contributed by atoms with Crippen LogP contribution in [-0.4, -0.2) is 39.6 Å². The van der Waals surface area contributed by atoms with Crippen molar-refractivity contribution >= 4 is 16.9 Å². The van der Waals surface area contributed by atoms with Crippen LogP contribution in [0.1, 0.15) is 12.0 Å². The second-order valence-corrected chi connectivity index (χ2v) is 6.76. The van der Waals surface area contributed by atoms with Crippen LogP contribution in [0.2, 0.25) is 0 Å². The van der Waals surface area contributed by atoms with Crippen LogP contribution in [-0.2, 0) is 11.3 Å². The third kappa shape index (κ3) is 3.07. The highest BCUT2D eigenvalue weighted by molar-refractivity contribution is 5.84. The van der Waals surface area contributed by atoms with Crippen molar-refractivity contribution in [3.63, 3.8) is 0 Å². The number of carbonyl (C=O) groups excluding carboxylic acids is 1. The van der Waals surface area contributed by atoms with E-state index in [0.717, 1.165) is 22.2 Å². The second-order valence-electron chi connectivity index (χ2n) is 6.76. The molecule has 3 heterocycles. The van der Waals surface area contributed by atoms with E-state index in [1.165, 1.54) is 6.07 Å². The molecule has 4 nitrogen and oxygen atoms in total. The van der Waals surface area contributed by atoms with E-state index in [1.54, 1.807) is 30.2 Å². The van der Waals surface area contributed by atoms with Gasteiger partial charge in [0.25, 0.3) is 0 Å². The maximum absolute atomic E-state index is 13.5. The molecule has 1 atom stereocenters. The molecule has 2 aromatic heterocycles. The fraction of sp³-hybridized carbons (Fsp3) is 0.300. The van der Waals surface area contributed by atoms with Gasteiger partial charge in [-0.05, 0) is 48.7 Å². The third-order valence-electron chi connectivity index (χ3n) is 4.90. The summed E-state index contributed by atoms with van der Waals surface area (Å²) in [6.07, 6.45) is 3.05. The van der Waals surface area contributed by atoms with Crippen LogP contribution in [0.25, 0.3) is 22.2 Å². The molecule has 1 saturated heterocycles. The van der Waals surface area contributed by atoms with Gasteiger partial charge in [-0.1, -0.05) is 6.07 Å². The predicted octanol–water partition coefficient (Wildman–Crippen LogP) is 3.72. The van der Waals surface area contributed by atoms with Gasteiger partial charge in [0, 0.05) is 24.5 Å². The Hall–Kier alpha value is -2.76. The van der Waals surface area contributed by atoms with E-state index in [0.29, 0.717) is 18.5 Å². The molecule has 0 aliphatic carbocycles. The first-order chi connectivity index (χ1) is 12.5. The molecule has 0 radical (unpaired) electrons. The molecule has 1 fully saturated rings. The molecular formula is C20H19F2N3O. The molecule has 26 heavy (non-hydrogen) atoms. The van der Waals surface area contributed by atoms with Gasteiger partial charge in [0.1, 0.15) is 18.5 Å². The summed E-state index contributed by atoms with van der Waals surface area (Å²) >= 11 is 0. The van der Waals surface area contributed by atoms with E-state index in [2.05, 4.69) is 4.98 Å². The Morgan fingerprint density at radius 3 is 2.85 bits per heavy atom. The van der Waals surface area contributed by atoms with Gasteiger partial charge >= 0.3 is 0 Å². The molecule has 0 unspecified atom stereocenters. The highest BCUT2D eigenvalue weighted by Crippen LogP contribution is 2.25. The zero-order valence-electron chi connectivity index (χ0n) is 14.5. The highest BCUT2D eigenvalue weighted by atomic mass is 19.1. The molecule has 6 heteroatoms. The maximum atomic E-state index is 13.5. The van der Waals surface area contributed by atoms with E-state index in [-0.39, 0.29) is 24.8 Å². The van der Waals surface area contributed by atoms with Gasteiger partial charge < -0.3 is 9.47 Å². The minimum Gasteiger partial charge on any atom is -0.338 e. The van der Waals surface area contributed by atoms with E-state index < -0.39 is 6.17 Å². The molecule has 1 aromatic carbocycles. The van der Waals surface area contributed by atoms with E-state index in [4.69, 9.17) is 0 Å². The Labute approximate surface area is 150 Å². The van der Waals surface area contributed by atoms with Crippen molar-refractivity contribution in [2.24, 2.45) is 0 Å². The Morgan fingerprint density at radius 1 is 1.27 bits per heavy atom. The molecule has 1 aliphatic heterocycles. The lowest BCUT2D eigenvalue weighted by Gasteiger charge is -2.16. The van der Waals surface area contributed by atoms with Crippen molar-refractivity contribution in [3.8, 4) is 11.1 Å². The van der Waals surface area contributed by atoms with Gasteiger partial charge in [-0.15, -0.1) is 0 Å². The van der Waals surface area contributed by atoms with E-state index in [9.17, 15) is 13.6 Å². The number of halogens is 2. The molecule has 0 spiro atoms. The standard InChI is InChI=1S/C20H19F2N3O/c1-13-8-14(2-3-17(13)22)15-9-19-18(23-10-15)5-7-24(19)12-20(26)25-6-4-16(21)11-25/h2-3,5,7-10,16H,4,6,11-12H2,1H3/t16-/m1/s1. The number of alkyl halides is 1. The Kier molecular flexibility index (Phi) is 4.18. The number of rotatable bonds is 3. The first-order valence-electron chi connectivity index (χ1n) is 8.64. The molecular weight excluding hydrogens is 336 g/mol. The lowest BCUT2D eigenvalue weighted by Crippen LogP contribution is -2.31. The molecule has 3 aromatic rings. The number of benzene rings is 1. The topological polar surface area (TPSA) is 38.1 Å². The average Bonchev–Trinajstić information content (AvgIpc) is 3.23. The van der Waals surface area contributed by atoms with Crippen LogP contribution < -0.4 is 0 Å². The summed E-state index contributed by atoms with van der Waals surface area (Å²) in [6.45, 7) is 2.53. The van der Waals surface area contributed by atoms with E-state index in [1.807, 2.05) is 22.9 Å². The number of aryl methyl sites for hydroxylation is 1. The van der Waals surface area contributed by atoms with Crippen molar-refractivity contribution in [1.29, 1.82) is 0 Å². The Morgan fingerprint density at radius 2 is 2.12 bits per heavy atom. The first kappa shape index (κ1) is 16.7. The van der Waals surface area contributed by atoms with Crippen LogP contribution in [0.5, 0.6) is 0 Å². The number of nitrogens with zero attached hydrogens (tertiary/aromatic N) is 3. The van der Waals surface area contributed by atoms with Crippen molar-refractivity contribution in [2.45, 2.75) is 26.1 Å². The van der Waals surface area contributed by atoms with Gasteiger partial charge in [0.2, 0.25) is 5.91 Å². The number of carbonyl (C=O) groups is 1. The summed E-state index contributed by atoms with van der Waals surface area (Å²) in [5, 5.41) is 0. The molecule has 0 N–H and O–H groups in total. The monoisotopic (exact) mass is 355 g/mol. The second kappa shape index (κ2) is 6.52. The number of fused-ring (bicyclic) bond motifs is 1. The van der Waals surface area contributed by atoms with Gasteiger partial charge in [0.15, 0.2) is 0 Å². The molecule has 1 aliphatic rings. The van der Waals surface area contributed by atoms with Gasteiger partial charge in [-0.3, -0.25) is 9.78 Å². The number of likely N-dealkylation sites (tertiary alicyclic amines) is 1. The fourth-order valence-electron chi connectivity index (χ4n) is 3.37. The van der Waals surface area contributed by atoms with Crippen molar-refractivity contribution in [1.82, 2.24) is 14.5 Å². The number of hydrogen-bond donors (Lipinski definition) is 0. The zero-order chi connectivity index (χ0) is 18.3. The number of pyridine rings is 1. The third-order valence-corrected chi connectivity index (χ3v) is 4.90. The fourth-order valence-corrected chi connectivity index (χ4v) is 3.37.